The maximum atomic E-state index is 12.0. The number of esters is 1. The van der Waals surface area contributed by atoms with Crippen LogP contribution in [0.1, 0.15) is 32.3 Å². The van der Waals surface area contributed by atoms with Crippen LogP contribution in [-0.2, 0) is 20.7 Å². The standard InChI is InChI=1S/C18H24N2O3/c1-12(2)8-9-17(21)20-16(18(22)23-3)10-13-11-19-15-7-5-4-6-14(13)15/h4-7,11-12,16,19H,8-10H2,1-3H3,(H,20,21)/t16-/m0/s1. The van der Waals surface area contributed by atoms with Crippen molar-refractivity contribution in [3.8, 4) is 0 Å². The lowest BCUT2D eigenvalue weighted by atomic mass is 10.0. The van der Waals surface area contributed by atoms with Gasteiger partial charge in [0.05, 0.1) is 7.11 Å². The Kier molecular flexibility index (Phi) is 5.79. The molecule has 0 radical (unpaired) electrons. The molecule has 0 spiro atoms. The van der Waals surface area contributed by atoms with Gasteiger partial charge in [0.2, 0.25) is 5.91 Å². The molecule has 0 aliphatic rings. The van der Waals surface area contributed by atoms with Gasteiger partial charge in [-0.3, -0.25) is 4.79 Å². The number of H-pyrrole nitrogens is 1. The number of ether oxygens (including phenoxy) is 1. The highest BCUT2D eigenvalue weighted by Crippen LogP contribution is 2.19. The number of hydrogen-bond donors (Lipinski definition) is 2. The first-order chi connectivity index (χ1) is 11.0. The third-order valence-electron chi connectivity index (χ3n) is 3.87. The van der Waals surface area contributed by atoms with Crippen molar-refractivity contribution >= 4 is 22.8 Å². The van der Waals surface area contributed by atoms with Gasteiger partial charge < -0.3 is 15.0 Å². The van der Waals surface area contributed by atoms with Crippen LogP contribution in [0, 0.1) is 5.92 Å². The number of amides is 1. The summed E-state index contributed by atoms with van der Waals surface area (Å²) in [5.74, 6) is -0.0898. The monoisotopic (exact) mass is 316 g/mol. The minimum absolute atomic E-state index is 0.117. The quantitative estimate of drug-likeness (QED) is 0.772. The molecule has 2 aromatic rings. The van der Waals surface area contributed by atoms with Gasteiger partial charge in [-0.05, 0) is 24.0 Å². The van der Waals surface area contributed by atoms with Gasteiger partial charge in [0.1, 0.15) is 6.04 Å². The van der Waals surface area contributed by atoms with Gasteiger partial charge in [-0.15, -0.1) is 0 Å². The van der Waals surface area contributed by atoms with Crippen molar-refractivity contribution in [2.45, 2.75) is 39.2 Å². The average molecular weight is 316 g/mol. The first-order valence-electron chi connectivity index (χ1n) is 7.93. The molecule has 0 aliphatic heterocycles. The van der Waals surface area contributed by atoms with E-state index in [1.165, 1.54) is 7.11 Å². The molecule has 0 unspecified atom stereocenters. The van der Waals surface area contributed by atoms with Gasteiger partial charge in [-0.1, -0.05) is 32.0 Å². The fourth-order valence-electron chi connectivity index (χ4n) is 2.54. The van der Waals surface area contributed by atoms with Gasteiger partial charge in [-0.2, -0.15) is 0 Å². The summed E-state index contributed by atoms with van der Waals surface area (Å²) >= 11 is 0. The van der Waals surface area contributed by atoms with Crippen molar-refractivity contribution in [3.05, 3.63) is 36.0 Å². The number of hydrogen-bond acceptors (Lipinski definition) is 3. The van der Waals surface area contributed by atoms with E-state index in [1.54, 1.807) is 0 Å². The van der Waals surface area contributed by atoms with Gasteiger partial charge in [0.25, 0.3) is 0 Å². The molecule has 1 heterocycles. The molecule has 0 bridgehead atoms. The van der Waals surface area contributed by atoms with E-state index in [1.807, 2.05) is 30.5 Å². The third-order valence-corrected chi connectivity index (χ3v) is 3.87. The van der Waals surface area contributed by atoms with Crippen LogP contribution >= 0.6 is 0 Å². The molecule has 2 N–H and O–H groups in total. The second-order valence-electron chi connectivity index (χ2n) is 6.14. The summed E-state index contributed by atoms with van der Waals surface area (Å²) in [5, 5.41) is 3.85. The summed E-state index contributed by atoms with van der Waals surface area (Å²) in [4.78, 5) is 27.2. The average Bonchev–Trinajstić information content (AvgIpc) is 2.95. The van der Waals surface area contributed by atoms with Gasteiger partial charge in [0, 0.05) is 29.9 Å². The molecule has 23 heavy (non-hydrogen) atoms. The number of fused-ring (bicyclic) bond motifs is 1. The summed E-state index contributed by atoms with van der Waals surface area (Å²) in [6.45, 7) is 4.13. The first-order valence-corrected chi connectivity index (χ1v) is 7.93. The minimum Gasteiger partial charge on any atom is -0.467 e. The van der Waals surface area contributed by atoms with Crippen LogP contribution in [0.5, 0.6) is 0 Å². The smallest absolute Gasteiger partial charge is 0.328 e. The zero-order valence-corrected chi connectivity index (χ0v) is 13.9. The molecule has 5 nitrogen and oxygen atoms in total. The predicted molar refractivity (Wildman–Crippen MR) is 90.0 cm³/mol. The highest BCUT2D eigenvalue weighted by molar-refractivity contribution is 5.87. The van der Waals surface area contributed by atoms with Crippen molar-refractivity contribution in [1.29, 1.82) is 0 Å². The molecular weight excluding hydrogens is 292 g/mol. The van der Waals surface area contributed by atoms with Gasteiger partial charge in [0.15, 0.2) is 0 Å². The Hall–Kier alpha value is -2.30. The molecule has 1 atom stereocenters. The second-order valence-corrected chi connectivity index (χ2v) is 6.14. The number of benzene rings is 1. The number of methoxy groups -OCH3 is 1. The zero-order valence-electron chi connectivity index (χ0n) is 13.9. The Morgan fingerprint density at radius 2 is 2.00 bits per heavy atom. The SMILES string of the molecule is COC(=O)[C@H](Cc1c[nH]c2ccccc12)NC(=O)CCC(C)C. The maximum absolute atomic E-state index is 12.0. The lowest BCUT2D eigenvalue weighted by molar-refractivity contribution is -0.145. The Balaban J connectivity index is 2.09. The largest absolute Gasteiger partial charge is 0.467 e. The van der Waals surface area contributed by atoms with E-state index >= 15 is 0 Å². The van der Waals surface area contributed by atoms with E-state index < -0.39 is 12.0 Å². The van der Waals surface area contributed by atoms with E-state index in [-0.39, 0.29) is 5.91 Å². The second kappa shape index (κ2) is 7.81. The van der Waals surface area contributed by atoms with E-state index in [0.717, 1.165) is 22.9 Å². The predicted octanol–water partition coefficient (Wildman–Crippen LogP) is 2.80. The van der Waals surface area contributed by atoms with Crippen LogP contribution in [0.3, 0.4) is 0 Å². The summed E-state index contributed by atoms with van der Waals surface area (Å²) in [7, 11) is 1.34. The summed E-state index contributed by atoms with van der Waals surface area (Å²) < 4.78 is 4.84. The van der Waals surface area contributed by atoms with Crippen molar-refractivity contribution in [2.24, 2.45) is 5.92 Å². The normalized spacial score (nSPS) is 12.3. The number of carbonyl (C=O) groups excluding carboxylic acids is 2. The Morgan fingerprint density at radius 1 is 1.26 bits per heavy atom. The number of nitrogens with one attached hydrogen (secondary N) is 2. The number of rotatable bonds is 7. The Morgan fingerprint density at radius 3 is 2.70 bits per heavy atom. The Bertz CT molecular complexity index is 676. The molecule has 124 valence electrons. The van der Waals surface area contributed by atoms with Crippen molar-refractivity contribution in [2.75, 3.05) is 7.11 Å². The summed E-state index contributed by atoms with van der Waals surface area (Å²) in [6.07, 6.45) is 3.50. The number of para-hydroxylation sites is 1. The minimum atomic E-state index is -0.668. The van der Waals surface area contributed by atoms with E-state index in [4.69, 9.17) is 4.74 Å². The fraction of sp³-hybridized carbons (Fsp3) is 0.444. The summed E-state index contributed by atoms with van der Waals surface area (Å²) in [6, 6.07) is 7.21. The lowest BCUT2D eigenvalue weighted by Crippen LogP contribution is -2.43. The maximum Gasteiger partial charge on any atom is 0.328 e. The molecule has 1 amide bonds. The molecule has 0 saturated carbocycles. The molecule has 0 fully saturated rings. The van der Waals surface area contributed by atoms with Gasteiger partial charge >= 0.3 is 5.97 Å². The third kappa shape index (κ3) is 4.58. The fourth-order valence-corrected chi connectivity index (χ4v) is 2.54. The highest BCUT2D eigenvalue weighted by atomic mass is 16.5. The molecule has 5 heteroatoms. The molecule has 1 aromatic heterocycles. The highest BCUT2D eigenvalue weighted by Gasteiger charge is 2.23. The van der Waals surface area contributed by atoms with E-state index in [9.17, 15) is 9.59 Å². The molecule has 1 aromatic carbocycles. The molecule has 2 rings (SSSR count). The van der Waals surface area contributed by atoms with Crippen molar-refractivity contribution in [3.63, 3.8) is 0 Å². The van der Waals surface area contributed by atoms with Crippen LogP contribution in [-0.4, -0.2) is 30.0 Å². The van der Waals surface area contributed by atoms with Crippen LogP contribution in [0.4, 0.5) is 0 Å². The van der Waals surface area contributed by atoms with Crippen LogP contribution in [0.2, 0.25) is 0 Å². The summed E-state index contributed by atoms with van der Waals surface area (Å²) in [5.41, 5.74) is 2.00. The van der Waals surface area contributed by atoms with Crippen LogP contribution in [0.25, 0.3) is 10.9 Å². The van der Waals surface area contributed by atoms with Crippen LogP contribution in [0.15, 0.2) is 30.5 Å². The molecular formula is C18H24N2O3. The molecule has 0 aliphatic carbocycles. The van der Waals surface area contributed by atoms with Gasteiger partial charge in [-0.25, -0.2) is 4.79 Å². The number of carbonyl (C=O) groups is 2. The number of aromatic amines is 1. The van der Waals surface area contributed by atoms with E-state index in [0.29, 0.717) is 18.8 Å². The van der Waals surface area contributed by atoms with Crippen molar-refractivity contribution in [1.82, 2.24) is 10.3 Å². The molecule has 0 saturated heterocycles. The van der Waals surface area contributed by atoms with E-state index in [2.05, 4.69) is 24.1 Å². The topological polar surface area (TPSA) is 71.2 Å². The number of aromatic nitrogens is 1. The first kappa shape index (κ1) is 17.1. The van der Waals surface area contributed by atoms with Crippen molar-refractivity contribution < 1.29 is 14.3 Å². The van der Waals surface area contributed by atoms with Crippen LogP contribution < -0.4 is 5.32 Å². The lowest BCUT2D eigenvalue weighted by Gasteiger charge is -2.16. The zero-order chi connectivity index (χ0) is 16.8. The Labute approximate surface area is 136 Å².